The molecule has 0 bridgehead atoms. The maximum Gasteiger partial charge on any atom is 0.294 e. The molecule has 0 aliphatic carbocycles. The van der Waals surface area contributed by atoms with E-state index in [1.807, 2.05) is 6.07 Å². The fourth-order valence-electron chi connectivity index (χ4n) is 3.66. The quantitative estimate of drug-likeness (QED) is 0.648. The van der Waals surface area contributed by atoms with Crippen LogP contribution in [0, 0.1) is 0 Å². The zero-order valence-corrected chi connectivity index (χ0v) is 18.7. The number of furan rings is 1. The molecule has 0 radical (unpaired) electrons. The Bertz CT molecular complexity index is 1020. The van der Waals surface area contributed by atoms with Gasteiger partial charge < -0.3 is 19.4 Å². The first-order valence-corrected chi connectivity index (χ1v) is 11.4. The number of amides is 3. The molecule has 4 rings (SSSR count). The van der Waals surface area contributed by atoms with Gasteiger partial charge in [0.15, 0.2) is 5.88 Å². The van der Waals surface area contributed by atoms with Gasteiger partial charge in [-0.05, 0) is 54.9 Å². The molecule has 0 unspecified atom stereocenters. The van der Waals surface area contributed by atoms with E-state index in [2.05, 4.69) is 10.2 Å². The Labute approximate surface area is 190 Å². The molecule has 0 atom stereocenters. The van der Waals surface area contributed by atoms with Crippen LogP contribution in [-0.4, -0.2) is 48.7 Å². The van der Waals surface area contributed by atoms with Crippen LogP contribution in [0.15, 0.2) is 45.7 Å². The van der Waals surface area contributed by atoms with Crippen LogP contribution >= 0.6 is 11.8 Å². The number of imide groups is 1. The molecule has 168 valence electrons. The summed E-state index contributed by atoms with van der Waals surface area (Å²) in [5.41, 5.74) is 0.551. The molecule has 1 N–H and O–H groups in total. The van der Waals surface area contributed by atoms with Crippen molar-refractivity contribution in [1.82, 2.24) is 4.90 Å². The summed E-state index contributed by atoms with van der Waals surface area (Å²) >= 11 is 0.806. The predicted octanol–water partition coefficient (Wildman–Crippen LogP) is 4.34. The Kier molecular flexibility index (Phi) is 6.84. The van der Waals surface area contributed by atoms with Gasteiger partial charge in [0.25, 0.3) is 11.1 Å². The normalized spacial score (nSPS) is 18.2. The molecule has 2 aromatic rings. The maximum absolute atomic E-state index is 12.7. The lowest BCUT2D eigenvalue weighted by atomic mass is 10.2. The van der Waals surface area contributed by atoms with Crippen molar-refractivity contribution in [2.75, 3.05) is 37.0 Å². The average Bonchev–Trinajstić information content (AvgIpc) is 3.22. The van der Waals surface area contributed by atoms with Crippen LogP contribution in [0.4, 0.5) is 16.4 Å². The second kappa shape index (κ2) is 9.95. The van der Waals surface area contributed by atoms with E-state index in [4.69, 9.17) is 9.15 Å². The summed E-state index contributed by atoms with van der Waals surface area (Å²) in [5, 5.41) is 2.20. The number of methoxy groups -OCH3 is 1. The van der Waals surface area contributed by atoms with Crippen LogP contribution in [0.2, 0.25) is 0 Å². The number of anilines is 2. The van der Waals surface area contributed by atoms with Gasteiger partial charge in [0, 0.05) is 30.9 Å². The van der Waals surface area contributed by atoms with E-state index < -0.39 is 17.1 Å². The highest BCUT2D eigenvalue weighted by molar-refractivity contribution is 8.18. The van der Waals surface area contributed by atoms with Gasteiger partial charge in [0.05, 0.1) is 12.0 Å². The molecule has 3 amide bonds. The number of nitrogens with zero attached hydrogens (tertiary/aromatic N) is 2. The van der Waals surface area contributed by atoms with E-state index in [0.717, 1.165) is 48.5 Å². The first-order valence-electron chi connectivity index (χ1n) is 10.6. The molecule has 8 nitrogen and oxygen atoms in total. The van der Waals surface area contributed by atoms with Gasteiger partial charge in [-0.2, -0.15) is 0 Å². The van der Waals surface area contributed by atoms with Gasteiger partial charge in [-0.1, -0.05) is 12.8 Å². The topological polar surface area (TPSA) is 92.1 Å². The van der Waals surface area contributed by atoms with E-state index in [1.54, 1.807) is 43.5 Å². The molecule has 1 aromatic carbocycles. The number of carbonyl (C=O) groups is 3. The minimum atomic E-state index is -0.502. The largest absolute Gasteiger partial charge is 0.497 e. The Morgan fingerprint density at radius 1 is 1.09 bits per heavy atom. The standard InChI is InChI=1S/C23H25N3O5S/c1-30-17-8-6-16(7-9-17)24-20(27)15-26-22(28)19(32-23(26)29)14-18-10-11-21(31-18)25-12-4-2-3-5-13-25/h6-11,14H,2-5,12-13,15H2,1H3,(H,24,27)/b19-14+. The van der Waals surface area contributed by atoms with Crippen molar-refractivity contribution in [3.8, 4) is 5.75 Å². The smallest absolute Gasteiger partial charge is 0.294 e. The maximum atomic E-state index is 12.7. The zero-order valence-electron chi connectivity index (χ0n) is 17.8. The SMILES string of the molecule is COc1ccc(NC(=O)CN2C(=O)S/C(=C/c3ccc(N4CCCCCC4)o3)C2=O)cc1. The molecule has 2 aliphatic heterocycles. The summed E-state index contributed by atoms with van der Waals surface area (Å²) in [7, 11) is 1.55. The monoisotopic (exact) mass is 455 g/mol. The number of ether oxygens (including phenoxy) is 1. The summed E-state index contributed by atoms with van der Waals surface area (Å²) < 4.78 is 11.0. The van der Waals surface area contributed by atoms with E-state index in [0.29, 0.717) is 17.2 Å². The van der Waals surface area contributed by atoms with E-state index in [-0.39, 0.29) is 11.4 Å². The van der Waals surface area contributed by atoms with Gasteiger partial charge in [0.1, 0.15) is 18.1 Å². The summed E-state index contributed by atoms with van der Waals surface area (Å²) in [6.45, 7) is 1.55. The third-order valence-electron chi connectivity index (χ3n) is 5.35. The lowest BCUT2D eigenvalue weighted by Gasteiger charge is -2.18. The molecule has 2 aliphatic rings. The number of rotatable bonds is 6. The second-order valence-corrected chi connectivity index (χ2v) is 8.61. The van der Waals surface area contributed by atoms with Crippen molar-refractivity contribution in [2.45, 2.75) is 25.7 Å². The van der Waals surface area contributed by atoms with Crippen LogP contribution in [0.25, 0.3) is 6.08 Å². The van der Waals surface area contributed by atoms with Crippen LogP contribution in [0.1, 0.15) is 31.4 Å². The van der Waals surface area contributed by atoms with Crippen molar-refractivity contribution < 1.29 is 23.5 Å². The molecule has 2 fully saturated rings. The highest BCUT2D eigenvalue weighted by Gasteiger charge is 2.36. The lowest BCUT2D eigenvalue weighted by Crippen LogP contribution is -2.36. The van der Waals surface area contributed by atoms with Crippen LogP contribution in [0.5, 0.6) is 5.75 Å². The third-order valence-corrected chi connectivity index (χ3v) is 6.26. The Morgan fingerprint density at radius 2 is 1.81 bits per heavy atom. The highest BCUT2D eigenvalue weighted by atomic mass is 32.2. The molecule has 3 heterocycles. The van der Waals surface area contributed by atoms with Gasteiger partial charge in [-0.25, -0.2) is 0 Å². The highest BCUT2D eigenvalue weighted by Crippen LogP contribution is 2.33. The van der Waals surface area contributed by atoms with Crippen molar-refractivity contribution in [2.24, 2.45) is 0 Å². The number of benzene rings is 1. The molecule has 32 heavy (non-hydrogen) atoms. The molecule has 2 saturated heterocycles. The third kappa shape index (κ3) is 5.16. The Morgan fingerprint density at radius 3 is 2.50 bits per heavy atom. The van der Waals surface area contributed by atoms with Crippen LogP contribution < -0.4 is 15.0 Å². The summed E-state index contributed by atoms with van der Waals surface area (Å²) in [6, 6.07) is 10.5. The summed E-state index contributed by atoms with van der Waals surface area (Å²) in [6.07, 6.45) is 6.28. The minimum Gasteiger partial charge on any atom is -0.497 e. The van der Waals surface area contributed by atoms with Crippen LogP contribution in [0.3, 0.4) is 0 Å². The number of hydrogen-bond acceptors (Lipinski definition) is 7. The second-order valence-electron chi connectivity index (χ2n) is 7.62. The number of hydrogen-bond donors (Lipinski definition) is 1. The first-order chi connectivity index (χ1) is 15.5. The Balaban J connectivity index is 1.38. The van der Waals surface area contributed by atoms with E-state index in [9.17, 15) is 14.4 Å². The minimum absolute atomic E-state index is 0.240. The van der Waals surface area contributed by atoms with Crippen molar-refractivity contribution in [1.29, 1.82) is 0 Å². The number of nitrogens with one attached hydrogen (secondary N) is 1. The number of carbonyl (C=O) groups excluding carboxylic acids is 3. The zero-order chi connectivity index (χ0) is 22.5. The fraction of sp³-hybridized carbons (Fsp3) is 0.348. The van der Waals surface area contributed by atoms with E-state index >= 15 is 0 Å². The van der Waals surface area contributed by atoms with Gasteiger partial charge in [-0.3, -0.25) is 19.3 Å². The molecule has 1 aromatic heterocycles. The molecular weight excluding hydrogens is 430 g/mol. The fourth-order valence-corrected chi connectivity index (χ4v) is 4.48. The van der Waals surface area contributed by atoms with Crippen molar-refractivity contribution >= 4 is 46.5 Å². The summed E-state index contributed by atoms with van der Waals surface area (Å²) in [5.74, 6) is 0.988. The molecule has 9 heteroatoms. The molecule has 0 saturated carbocycles. The van der Waals surface area contributed by atoms with E-state index in [1.165, 1.54) is 12.8 Å². The van der Waals surface area contributed by atoms with Gasteiger partial charge >= 0.3 is 0 Å². The van der Waals surface area contributed by atoms with Crippen molar-refractivity contribution in [3.63, 3.8) is 0 Å². The summed E-state index contributed by atoms with van der Waals surface area (Å²) in [4.78, 5) is 40.8. The van der Waals surface area contributed by atoms with Gasteiger partial charge in [0.2, 0.25) is 5.91 Å². The van der Waals surface area contributed by atoms with Crippen molar-refractivity contribution in [3.05, 3.63) is 47.1 Å². The first kappa shape index (κ1) is 22.0. The lowest BCUT2D eigenvalue weighted by molar-refractivity contribution is -0.127. The van der Waals surface area contributed by atoms with Crippen LogP contribution in [-0.2, 0) is 9.59 Å². The number of thioether (sulfide) groups is 1. The molecule has 0 spiro atoms. The van der Waals surface area contributed by atoms with Gasteiger partial charge in [-0.15, -0.1) is 0 Å². The molecular formula is C23H25N3O5S. The predicted molar refractivity (Wildman–Crippen MR) is 124 cm³/mol. The Hall–Kier alpha value is -3.20. The average molecular weight is 456 g/mol.